The molecule has 4 nitrogen and oxygen atoms in total. The zero-order valence-electron chi connectivity index (χ0n) is 12.4. The molecule has 2 aromatic rings. The van der Waals surface area contributed by atoms with Crippen LogP contribution in [0, 0.1) is 5.82 Å². The van der Waals surface area contributed by atoms with E-state index in [1.807, 2.05) is 13.8 Å². The third-order valence-corrected chi connectivity index (χ3v) is 3.66. The fourth-order valence-corrected chi connectivity index (χ4v) is 2.68. The zero-order valence-corrected chi connectivity index (χ0v) is 13.1. The number of rotatable bonds is 6. The van der Waals surface area contributed by atoms with Gasteiger partial charge in [-0.05, 0) is 25.6 Å². The van der Waals surface area contributed by atoms with E-state index in [4.69, 9.17) is 16.3 Å². The first-order chi connectivity index (χ1) is 10.1. The Morgan fingerprint density at radius 1 is 1.43 bits per heavy atom. The van der Waals surface area contributed by atoms with Gasteiger partial charge in [0.25, 0.3) is 0 Å². The minimum absolute atomic E-state index is 0.348. The lowest BCUT2D eigenvalue weighted by Gasteiger charge is -2.22. The molecular formula is C15H19ClFN3O. The average Bonchev–Trinajstić information content (AvgIpc) is 2.88. The normalized spacial score (nSPS) is 12.4. The number of methoxy groups -OCH3 is 1. The summed E-state index contributed by atoms with van der Waals surface area (Å²) in [5.74, 6) is 0.265. The molecule has 1 unspecified atom stereocenters. The SMILES string of the molecule is CCNC(c1c(F)cccc1Cl)c1c(OC)cnn1CC. The van der Waals surface area contributed by atoms with Gasteiger partial charge in [0, 0.05) is 17.1 Å². The molecule has 1 aromatic carbocycles. The minimum Gasteiger partial charge on any atom is -0.493 e. The molecule has 0 aliphatic heterocycles. The Bertz CT molecular complexity index is 573. The second-order valence-corrected chi connectivity index (χ2v) is 4.95. The van der Waals surface area contributed by atoms with Gasteiger partial charge in [0.05, 0.1) is 19.3 Å². The number of hydrogen-bond acceptors (Lipinski definition) is 3. The van der Waals surface area contributed by atoms with Crippen LogP contribution in [0.25, 0.3) is 0 Å². The lowest BCUT2D eigenvalue weighted by Crippen LogP contribution is -2.26. The quantitative estimate of drug-likeness (QED) is 0.888. The molecule has 0 bridgehead atoms. The van der Waals surface area contributed by atoms with Gasteiger partial charge in [-0.3, -0.25) is 4.68 Å². The molecule has 1 aromatic heterocycles. The molecule has 1 N–H and O–H groups in total. The van der Waals surface area contributed by atoms with Gasteiger partial charge in [0.15, 0.2) is 5.75 Å². The van der Waals surface area contributed by atoms with E-state index in [1.54, 1.807) is 30.1 Å². The summed E-state index contributed by atoms with van der Waals surface area (Å²) in [5.41, 5.74) is 1.18. The standard InChI is InChI=1S/C15H19ClFN3O/c1-4-18-14(13-10(16)7-6-8-11(13)17)15-12(21-3)9-19-20(15)5-2/h6-9,14,18H,4-5H2,1-3H3. The van der Waals surface area contributed by atoms with E-state index < -0.39 is 6.04 Å². The Morgan fingerprint density at radius 2 is 2.19 bits per heavy atom. The van der Waals surface area contributed by atoms with Crippen molar-refractivity contribution in [2.75, 3.05) is 13.7 Å². The molecule has 114 valence electrons. The predicted octanol–water partition coefficient (Wildman–Crippen LogP) is 3.40. The maximum atomic E-state index is 14.3. The van der Waals surface area contributed by atoms with Gasteiger partial charge in [-0.2, -0.15) is 5.10 Å². The van der Waals surface area contributed by atoms with Crippen molar-refractivity contribution < 1.29 is 9.13 Å². The van der Waals surface area contributed by atoms with Gasteiger partial charge in [-0.25, -0.2) is 4.39 Å². The van der Waals surface area contributed by atoms with Gasteiger partial charge in [0.2, 0.25) is 0 Å². The molecule has 0 saturated carbocycles. The number of aryl methyl sites for hydroxylation is 1. The molecule has 0 aliphatic carbocycles. The number of aromatic nitrogens is 2. The van der Waals surface area contributed by atoms with Crippen molar-refractivity contribution in [3.63, 3.8) is 0 Å². The highest BCUT2D eigenvalue weighted by Gasteiger charge is 2.26. The van der Waals surface area contributed by atoms with Crippen LogP contribution < -0.4 is 10.1 Å². The second kappa shape index (κ2) is 6.91. The largest absolute Gasteiger partial charge is 0.493 e. The first kappa shape index (κ1) is 15.8. The van der Waals surface area contributed by atoms with Crippen molar-refractivity contribution in [2.24, 2.45) is 0 Å². The molecule has 0 saturated heterocycles. The van der Waals surface area contributed by atoms with Crippen LogP contribution in [0.3, 0.4) is 0 Å². The third kappa shape index (κ3) is 3.04. The van der Waals surface area contributed by atoms with Crippen LogP contribution in [0.2, 0.25) is 5.02 Å². The Morgan fingerprint density at radius 3 is 2.76 bits per heavy atom. The van der Waals surface area contributed by atoms with Gasteiger partial charge < -0.3 is 10.1 Å². The topological polar surface area (TPSA) is 39.1 Å². The van der Waals surface area contributed by atoms with E-state index in [0.29, 0.717) is 29.4 Å². The van der Waals surface area contributed by atoms with Crippen LogP contribution in [0.15, 0.2) is 24.4 Å². The molecular weight excluding hydrogens is 293 g/mol. The molecule has 0 amide bonds. The molecule has 0 spiro atoms. The van der Waals surface area contributed by atoms with Crippen molar-refractivity contribution >= 4 is 11.6 Å². The lowest BCUT2D eigenvalue weighted by molar-refractivity contribution is 0.398. The highest BCUT2D eigenvalue weighted by Crippen LogP contribution is 2.35. The van der Waals surface area contributed by atoms with E-state index in [9.17, 15) is 4.39 Å². The Labute approximate surface area is 128 Å². The first-order valence-corrected chi connectivity index (χ1v) is 7.28. The second-order valence-electron chi connectivity index (χ2n) is 4.54. The molecule has 6 heteroatoms. The van der Waals surface area contributed by atoms with Crippen LogP contribution in [0.1, 0.15) is 31.1 Å². The number of hydrogen-bond donors (Lipinski definition) is 1. The van der Waals surface area contributed by atoms with Gasteiger partial charge in [0.1, 0.15) is 11.5 Å². The zero-order chi connectivity index (χ0) is 15.4. The summed E-state index contributed by atoms with van der Waals surface area (Å²) in [5, 5.41) is 7.93. The number of nitrogens with one attached hydrogen (secondary N) is 1. The third-order valence-electron chi connectivity index (χ3n) is 3.33. The fourth-order valence-electron chi connectivity index (χ4n) is 2.40. The Hall–Kier alpha value is -1.59. The van der Waals surface area contributed by atoms with E-state index in [-0.39, 0.29) is 5.82 Å². The first-order valence-electron chi connectivity index (χ1n) is 6.90. The highest BCUT2D eigenvalue weighted by molar-refractivity contribution is 6.31. The average molecular weight is 312 g/mol. The summed E-state index contributed by atoms with van der Waals surface area (Å²) in [7, 11) is 1.58. The van der Waals surface area contributed by atoms with Crippen molar-refractivity contribution in [1.29, 1.82) is 0 Å². The summed E-state index contributed by atoms with van der Waals surface area (Å²) < 4.78 is 21.4. The monoisotopic (exact) mass is 311 g/mol. The molecule has 0 fully saturated rings. The number of nitrogens with zero attached hydrogens (tertiary/aromatic N) is 2. The van der Waals surface area contributed by atoms with Crippen molar-refractivity contribution in [3.05, 3.63) is 46.5 Å². The smallest absolute Gasteiger partial charge is 0.161 e. The van der Waals surface area contributed by atoms with Crippen LogP contribution in [-0.2, 0) is 6.54 Å². The van der Waals surface area contributed by atoms with Crippen molar-refractivity contribution in [3.8, 4) is 5.75 Å². The van der Waals surface area contributed by atoms with Crippen LogP contribution >= 0.6 is 11.6 Å². The van der Waals surface area contributed by atoms with E-state index >= 15 is 0 Å². The van der Waals surface area contributed by atoms with Gasteiger partial charge in [-0.1, -0.05) is 24.6 Å². The summed E-state index contributed by atoms with van der Waals surface area (Å²) in [6.07, 6.45) is 1.64. The summed E-state index contributed by atoms with van der Waals surface area (Å²) in [6.45, 7) is 5.25. The van der Waals surface area contributed by atoms with Crippen molar-refractivity contribution in [1.82, 2.24) is 15.1 Å². The molecule has 1 heterocycles. The molecule has 0 radical (unpaired) electrons. The van der Waals surface area contributed by atoms with E-state index in [1.165, 1.54) is 6.07 Å². The predicted molar refractivity (Wildman–Crippen MR) is 81.4 cm³/mol. The van der Waals surface area contributed by atoms with Gasteiger partial charge >= 0.3 is 0 Å². The maximum absolute atomic E-state index is 14.3. The highest BCUT2D eigenvalue weighted by atomic mass is 35.5. The van der Waals surface area contributed by atoms with E-state index in [0.717, 1.165) is 5.69 Å². The summed E-state index contributed by atoms with van der Waals surface area (Å²) in [6, 6.07) is 4.27. The van der Waals surface area contributed by atoms with Gasteiger partial charge in [-0.15, -0.1) is 0 Å². The Kier molecular flexibility index (Phi) is 5.20. The molecule has 1 atom stereocenters. The number of halogens is 2. The molecule has 2 rings (SSSR count). The number of ether oxygens (including phenoxy) is 1. The number of benzene rings is 1. The van der Waals surface area contributed by atoms with Crippen LogP contribution in [-0.4, -0.2) is 23.4 Å². The summed E-state index contributed by atoms with van der Waals surface area (Å²) >= 11 is 6.22. The Balaban J connectivity index is 2.61. The van der Waals surface area contributed by atoms with Crippen LogP contribution in [0.5, 0.6) is 5.75 Å². The molecule has 0 aliphatic rings. The summed E-state index contributed by atoms with van der Waals surface area (Å²) in [4.78, 5) is 0. The van der Waals surface area contributed by atoms with Crippen LogP contribution in [0.4, 0.5) is 4.39 Å². The maximum Gasteiger partial charge on any atom is 0.161 e. The fraction of sp³-hybridized carbons (Fsp3) is 0.400. The van der Waals surface area contributed by atoms with E-state index in [2.05, 4.69) is 10.4 Å². The minimum atomic E-state index is -0.416. The lowest BCUT2D eigenvalue weighted by atomic mass is 10.0. The molecule has 21 heavy (non-hydrogen) atoms. The van der Waals surface area contributed by atoms with Crippen molar-refractivity contribution in [2.45, 2.75) is 26.4 Å².